The molecular formula is C13H19FN2. The maximum atomic E-state index is 13.4. The Bertz CT molecular complexity index is 348. The highest BCUT2D eigenvalue weighted by atomic mass is 19.1. The van der Waals surface area contributed by atoms with E-state index in [1.165, 1.54) is 25.3 Å². The fourth-order valence-electron chi connectivity index (χ4n) is 2.36. The van der Waals surface area contributed by atoms with Crippen LogP contribution in [0.3, 0.4) is 0 Å². The normalized spacial score (nSPS) is 17.9. The van der Waals surface area contributed by atoms with Crippen LogP contribution in [0.15, 0.2) is 24.3 Å². The molecule has 16 heavy (non-hydrogen) atoms. The molecule has 0 aromatic heterocycles. The highest BCUT2D eigenvalue weighted by Crippen LogP contribution is 2.40. The molecule has 0 aliphatic heterocycles. The van der Waals surface area contributed by atoms with Gasteiger partial charge in [-0.05, 0) is 32.0 Å². The van der Waals surface area contributed by atoms with Gasteiger partial charge in [0.05, 0.1) is 5.69 Å². The van der Waals surface area contributed by atoms with Crippen LogP contribution in [0.25, 0.3) is 0 Å². The molecule has 1 aromatic carbocycles. The van der Waals surface area contributed by atoms with Gasteiger partial charge in [0.2, 0.25) is 0 Å². The van der Waals surface area contributed by atoms with Crippen LogP contribution in [0.2, 0.25) is 0 Å². The SMILES string of the molecule is CNCC1(CNc2ccccc2F)CCC1. The first kappa shape index (κ1) is 11.4. The molecule has 1 aromatic rings. The van der Waals surface area contributed by atoms with Gasteiger partial charge in [-0.1, -0.05) is 18.6 Å². The van der Waals surface area contributed by atoms with Crippen molar-refractivity contribution in [2.45, 2.75) is 19.3 Å². The summed E-state index contributed by atoms with van der Waals surface area (Å²) in [5.74, 6) is -0.165. The van der Waals surface area contributed by atoms with Crippen molar-refractivity contribution in [3.8, 4) is 0 Å². The molecule has 0 atom stereocenters. The third-order valence-corrected chi connectivity index (χ3v) is 3.49. The second-order valence-electron chi connectivity index (χ2n) is 4.72. The fraction of sp³-hybridized carbons (Fsp3) is 0.538. The first-order valence-corrected chi connectivity index (χ1v) is 5.89. The summed E-state index contributed by atoms with van der Waals surface area (Å²) in [4.78, 5) is 0. The minimum atomic E-state index is -0.165. The van der Waals surface area contributed by atoms with E-state index in [4.69, 9.17) is 0 Å². The molecule has 1 aliphatic rings. The van der Waals surface area contributed by atoms with Gasteiger partial charge in [0, 0.05) is 18.5 Å². The Morgan fingerprint density at radius 2 is 2.00 bits per heavy atom. The molecule has 0 unspecified atom stereocenters. The predicted octanol–water partition coefficient (Wildman–Crippen LogP) is 2.63. The van der Waals surface area contributed by atoms with Crippen LogP contribution in [0.1, 0.15) is 19.3 Å². The van der Waals surface area contributed by atoms with E-state index in [9.17, 15) is 4.39 Å². The molecule has 2 nitrogen and oxygen atoms in total. The summed E-state index contributed by atoms with van der Waals surface area (Å²) in [5, 5.41) is 6.45. The van der Waals surface area contributed by atoms with Gasteiger partial charge in [-0.15, -0.1) is 0 Å². The van der Waals surface area contributed by atoms with Crippen LogP contribution >= 0.6 is 0 Å². The van der Waals surface area contributed by atoms with Crippen LogP contribution in [0.5, 0.6) is 0 Å². The number of hydrogen-bond donors (Lipinski definition) is 2. The van der Waals surface area contributed by atoms with Gasteiger partial charge < -0.3 is 10.6 Å². The van der Waals surface area contributed by atoms with Crippen molar-refractivity contribution in [3.63, 3.8) is 0 Å². The molecule has 0 bridgehead atoms. The first-order chi connectivity index (χ1) is 7.76. The lowest BCUT2D eigenvalue weighted by Gasteiger charge is -2.42. The highest BCUT2D eigenvalue weighted by Gasteiger charge is 2.35. The minimum Gasteiger partial charge on any atom is -0.382 e. The zero-order valence-corrected chi connectivity index (χ0v) is 9.72. The van der Waals surface area contributed by atoms with Crippen LogP contribution < -0.4 is 10.6 Å². The zero-order chi connectivity index (χ0) is 11.4. The number of anilines is 1. The van der Waals surface area contributed by atoms with Gasteiger partial charge in [-0.3, -0.25) is 0 Å². The molecular weight excluding hydrogens is 203 g/mol. The van der Waals surface area contributed by atoms with Crippen molar-refractivity contribution in [1.29, 1.82) is 0 Å². The number of nitrogens with one attached hydrogen (secondary N) is 2. The zero-order valence-electron chi connectivity index (χ0n) is 9.72. The van der Waals surface area contributed by atoms with Crippen molar-refractivity contribution in [3.05, 3.63) is 30.1 Å². The Morgan fingerprint density at radius 3 is 2.56 bits per heavy atom. The molecule has 2 rings (SSSR count). The highest BCUT2D eigenvalue weighted by molar-refractivity contribution is 5.44. The van der Waals surface area contributed by atoms with E-state index in [0.717, 1.165) is 13.1 Å². The predicted molar refractivity (Wildman–Crippen MR) is 65.1 cm³/mol. The van der Waals surface area contributed by atoms with E-state index in [1.54, 1.807) is 12.1 Å². The standard InChI is InChI=1S/C13H19FN2/c1-15-9-13(7-4-8-13)10-16-12-6-3-2-5-11(12)14/h2-3,5-6,15-16H,4,7-10H2,1H3. The average molecular weight is 222 g/mol. The summed E-state index contributed by atoms with van der Waals surface area (Å²) >= 11 is 0. The third-order valence-electron chi connectivity index (χ3n) is 3.49. The van der Waals surface area contributed by atoms with Gasteiger partial charge in [-0.2, -0.15) is 0 Å². The van der Waals surface area contributed by atoms with Crippen molar-refractivity contribution in [2.24, 2.45) is 5.41 Å². The summed E-state index contributed by atoms with van der Waals surface area (Å²) < 4.78 is 13.4. The molecule has 2 N–H and O–H groups in total. The quantitative estimate of drug-likeness (QED) is 0.800. The van der Waals surface area contributed by atoms with Crippen molar-refractivity contribution >= 4 is 5.69 Å². The number of para-hydroxylation sites is 1. The molecule has 3 heteroatoms. The molecule has 0 heterocycles. The number of benzene rings is 1. The first-order valence-electron chi connectivity index (χ1n) is 5.89. The van der Waals surface area contributed by atoms with Crippen LogP contribution in [-0.2, 0) is 0 Å². The topological polar surface area (TPSA) is 24.1 Å². The number of rotatable bonds is 5. The van der Waals surface area contributed by atoms with E-state index in [-0.39, 0.29) is 5.82 Å². The van der Waals surface area contributed by atoms with Gasteiger partial charge in [0.25, 0.3) is 0 Å². The summed E-state index contributed by atoms with van der Waals surface area (Å²) in [7, 11) is 1.98. The largest absolute Gasteiger partial charge is 0.382 e. The fourth-order valence-corrected chi connectivity index (χ4v) is 2.36. The Morgan fingerprint density at radius 1 is 1.25 bits per heavy atom. The Hall–Kier alpha value is -1.09. The lowest BCUT2D eigenvalue weighted by Crippen LogP contribution is -2.44. The summed E-state index contributed by atoms with van der Waals surface area (Å²) in [6.45, 7) is 1.86. The smallest absolute Gasteiger partial charge is 0.146 e. The van der Waals surface area contributed by atoms with E-state index >= 15 is 0 Å². The van der Waals surface area contributed by atoms with Gasteiger partial charge >= 0.3 is 0 Å². The molecule has 88 valence electrons. The van der Waals surface area contributed by atoms with E-state index in [1.807, 2.05) is 13.1 Å². The Balaban J connectivity index is 1.93. The van der Waals surface area contributed by atoms with Crippen LogP contribution in [-0.4, -0.2) is 20.1 Å². The summed E-state index contributed by atoms with van der Waals surface area (Å²) in [6.07, 6.45) is 3.76. The molecule has 1 saturated carbocycles. The molecule has 1 fully saturated rings. The van der Waals surface area contributed by atoms with Gasteiger partial charge in [0.1, 0.15) is 5.82 Å². The lowest BCUT2D eigenvalue weighted by molar-refractivity contribution is 0.151. The summed E-state index contributed by atoms with van der Waals surface area (Å²) in [6, 6.07) is 6.86. The van der Waals surface area contributed by atoms with Crippen molar-refractivity contribution in [1.82, 2.24) is 5.32 Å². The van der Waals surface area contributed by atoms with Gasteiger partial charge in [0.15, 0.2) is 0 Å². The average Bonchev–Trinajstić information content (AvgIpc) is 2.24. The molecule has 0 radical (unpaired) electrons. The maximum absolute atomic E-state index is 13.4. The third kappa shape index (κ3) is 2.35. The van der Waals surface area contributed by atoms with Crippen LogP contribution in [0, 0.1) is 11.2 Å². The minimum absolute atomic E-state index is 0.165. The number of halogens is 1. The Labute approximate surface area is 96.2 Å². The van der Waals surface area contributed by atoms with E-state index in [0.29, 0.717) is 11.1 Å². The maximum Gasteiger partial charge on any atom is 0.146 e. The monoisotopic (exact) mass is 222 g/mol. The van der Waals surface area contributed by atoms with Crippen LogP contribution in [0.4, 0.5) is 10.1 Å². The number of hydrogen-bond acceptors (Lipinski definition) is 2. The molecule has 0 spiro atoms. The lowest BCUT2D eigenvalue weighted by atomic mass is 9.68. The second kappa shape index (κ2) is 4.83. The van der Waals surface area contributed by atoms with Crippen molar-refractivity contribution in [2.75, 3.05) is 25.5 Å². The molecule has 0 amide bonds. The molecule has 0 saturated heterocycles. The van der Waals surface area contributed by atoms with E-state index in [2.05, 4.69) is 10.6 Å². The molecule has 1 aliphatic carbocycles. The van der Waals surface area contributed by atoms with Crippen molar-refractivity contribution < 1.29 is 4.39 Å². The van der Waals surface area contributed by atoms with Gasteiger partial charge in [-0.25, -0.2) is 4.39 Å². The Kier molecular flexibility index (Phi) is 3.44. The summed E-state index contributed by atoms with van der Waals surface area (Å²) in [5.41, 5.74) is 0.946. The second-order valence-corrected chi connectivity index (χ2v) is 4.72. The van der Waals surface area contributed by atoms with E-state index < -0.39 is 0 Å².